The number of benzene rings is 2. The fourth-order valence-electron chi connectivity index (χ4n) is 2.54. The number of hydrogen-bond donors (Lipinski definition) is 1. The van der Waals surface area contributed by atoms with Crippen molar-refractivity contribution in [1.29, 1.82) is 0 Å². The molecule has 0 saturated heterocycles. The van der Waals surface area contributed by atoms with Crippen LogP contribution >= 0.6 is 0 Å². The summed E-state index contributed by atoms with van der Waals surface area (Å²) in [5.41, 5.74) is 2.96. The second-order valence-electron chi connectivity index (χ2n) is 5.52. The number of anilines is 1. The molecule has 0 atom stereocenters. The summed E-state index contributed by atoms with van der Waals surface area (Å²) in [7, 11) is 1.72. The Kier molecular flexibility index (Phi) is 3.70. The summed E-state index contributed by atoms with van der Waals surface area (Å²) in [4.78, 5) is 25.0. The molecule has 0 spiro atoms. The van der Waals surface area contributed by atoms with E-state index in [0.717, 1.165) is 11.1 Å². The Morgan fingerprint density at radius 2 is 1.83 bits per heavy atom. The number of fused-ring (bicyclic) bond motifs is 1. The zero-order valence-corrected chi connectivity index (χ0v) is 13.3. The molecule has 1 amide bonds. The van der Waals surface area contributed by atoms with Crippen molar-refractivity contribution in [3.05, 3.63) is 69.5 Å². The largest absolute Gasteiger partial charge is 0.320 e. The Bertz CT molecular complexity index is 974. The Hall–Kier alpha value is -2.95. The average molecular weight is 307 g/mol. The molecule has 3 aromatic rings. The van der Waals surface area contributed by atoms with Gasteiger partial charge in [-0.05, 0) is 43.2 Å². The van der Waals surface area contributed by atoms with E-state index in [9.17, 15) is 9.59 Å². The third-order valence-electron chi connectivity index (χ3n) is 4.03. The molecule has 1 aromatic heterocycles. The van der Waals surface area contributed by atoms with E-state index in [2.05, 4.69) is 10.4 Å². The number of rotatable bonds is 2. The molecule has 0 unspecified atom stereocenters. The molecule has 0 aliphatic heterocycles. The number of nitrogens with zero attached hydrogens (tertiary/aromatic N) is 2. The van der Waals surface area contributed by atoms with Crippen molar-refractivity contribution in [2.45, 2.75) is 13.8 Å². The van der Waals surface area contributed by atoms with E-state index in [1.807, 2.05) is 38.1 Å². The summed E-state index contributed by atoms with van der Waals surface area (Å²) < 4.78 is 1.55. The van der Waals surface area contributed by atoms with E-state index in [-0.39, 0.29) is 11.1 Å². The minimum atomic E-state index is -0.495. The van der Waals surface area contributed by atoms with E-state index in [1.54, 1.807) is 29.9 Å². The van der Waals surface area contributed by atoms with Crippen LogP contribution in [0.3, 0.4) is 0 Å². The molecule has 0 bridgehead atoms. The molecule has 0 aliphatic rings. The van der Waals surface area contributed by atoms with Gasteiger partial charge in [0.05, 0.1) is 5.52 Å². The molecule has 116 valence electrons. The maximum Gasteiger partial charge on any atom is 0.280 e. The molecule has 5 nitrogen and oxygen atoms in total. The number of carbonyl (C=O) groups is 1. The number of amides is 1. The predicted octanol–water partition coefficient (Wildman–Crippen LogP) is 2.80. The van der Waals surface area contributed by atoms with Crippen LogP contribution in [0.2, 0.25) is 0 Å². The second kappa shape index (κ2) is 5.68. The molecule has 2 aromatic carbocycles. The second-order valence-corrected chi connectivity index (χ2v) is 5.52. The molecule has 3 rings (SSSR count). The zero-order valence-electron chi connectivity index (χ0n) is 13.3. The lowest BCUT2D eigenvalue weighted by Crippen LogP contribution is -2.26. The summed E-state index contributed by atoms with van der Waals surface area (Å²) in [6, 6.07) is 12.8. The first kappa shape index (κ1) is 15.0. The lowest BCUT2D eigenvalue weighted by atomic mass is 10.1. The molecular formula is C18H17N3O2. The van der Waals surface area contributed by atoms with Gasteiger partial charge >= 0.3 is 0 Å². The van der Waals surface area contributed by atoms with Crippen molar-refractivity contribution in [1.82, 2.24) is 9.78 Å². The van der Waals surface area contributed by atoms with Gasteiger partial charge < -0.3 is 5.32 Å². The van der Waals surface area contributed by atoms with Crippen LogP contribution in [0.1, 0.15) is 21.6 Å². The molecule has 1 heterocycles. The first-order valence-electron chi connectivity index (χ1n) is 7.32. The third kappa shape index (κ3) is 2.61. The van der Waals surface area contributed by atoms with Crippen molar-refractivity contribution in [2.75, 3.05) is 5.32 Å². The molecule has 0 saturated carbocycles. The Morgan fingerprint density at radius 3 is 2.61 bits per heavy atom. The van der Waals surface area contributed by atoms with E-state index < -0.39 is 5.91 Å². The average Bonchev–Trinajstić information content (AvgIpc) is 2.55. The molecule has 0 aliphatic carbocycles. The number of para-hydroxylation sites is 1. The Labute approximate surface area is 133 Å². The monoisotopic (exact) mass is 307 g/mol. The number of hydrogen-bond acceptors (Lipinski definition) is 3. The fraction of sp³-hybridized carbons (Fsp3) is 0.167. The summed E-state index contributed by atoms with van der Waals surface area (Å²) >= 11 is 0. The van der Waals surface area contributed by atoms with Crippen molar-refractivity contribution < 1.29 is 4.79 Å². The summed E-state index contributed by atoms with van der Waals surface area (Å²) in [5, 5.41) is 7.41. The smallest absolute Gasteiger partial charge is 0.280 e. The molecule has 0 fully saturated rings. The van der Waals surface area contributed by atoms with Gasteiger partial charge in [0.15, 0.2) is 5.69 Å². The zero-order chi connectivity index (χ0) is 16.6. The van der Waals surface area contributed by atoms with Gasteiger partial charge in [0, 0.05) is 18.1 Å². The number of nitrogens with one attached hydrogen (secondary N) is 1. The van der Waals surface area contributed by atoms with Gasteiger partial charge in [-0.25, -0.2) is 0 Å². The summed E-state index contributed by atoms with van der Waals surface area (Å²) in [6.45, 7) is 3.90. The Balaban J connectivity index is 2.07. The van der Waals surface area contributed by atoms with Crippen molar-refractivity contribution in [3.8, 4) is 0 Å². The van der Waals surface area contributed by atoms with Crippen LogP contribution in [-0.2, 0) is 7.05 Å². The standard InChI is InChI=1S/C18H17N3O2/c1-11-7-6-9-14(12(11)2)19-18(23)16-17(22)13-8-4-5-10-15(13)21(3)20-16/h4-10H,1-3H3,(H,19,23). The summed E-state index contributed by atoms with van der Waals surface area (Å²) in [6.07, 6.45) is 0. The first-order valence-corrected chi connectivity index (χ1v) is 7.32. The van der Waals surface area contributed by atoms with Crippen LogP contribution in [0, 0.1) is 13.8 Å². The predicted molar refractivity (Wildman–Crippen MR) is 90.9 cm³/mol. The van der Waals surface area contributed by atoms with E-state index in [4.69, 9.17) is 0 Å². The summed E-state index contributed by atoms with van der Waals surface area (Å²) in [5.74, 6) is -0.495. The maximum absolute atomic E-state index is 12.5. The van der Waals surface area contributed by atoms with E-state index >= 15 is 0 Å². The topological polar surface area (TPSA) is 64.0 Å². The van der Waals surface area contributed by atoms with Gasteiger partial charge in [0.25, 0.3) is 5.91 Å². The van der Waals surface area contributed by atoms with Crippen molar-refractivity contribution in [3.63, 3.8) is 0 Å². The van der Waals surface area contributed by atoms with Crippen LogP contribution in [-0.4, -0.2) is 15.7 Å². The molecule has 0 radical (unpaired) electrons. The first-order chi connectivity index (χ1) is 11.0. The van der Waals surface area contributed by atoms with Gasteiger partial charge in [-0.1, -0.05) is 24.3 Å². The van der Waals surface area contributed by atoms with Crippen LogP contribution in [0.25, 0.3) is 10.9 Å². The van der Waals surface area contributed by atoms with Gasteiger partial charge in [0.2, 0.25) is 5.43 Å². The van der Waals surface area contributed by atoms with E-state index in [1.165, 1.54) is 0 Å². The lowest BCUT2D eigenvalue weighted by Gasteiger charge is -2.11. The Morgan fingerprint density at radius 1 is 1.09 bits per heavy atom. The molecule has 1 N–H and O–H groups in total. The molecule has 5 heteroatoms. The van der Waals surface area contributed by atoms with Gasteiger partial charge in [-0.2, -0.15) is 5.10 Å². The number of aryl methyl sites for hydroxylation is 2. The van der Waals surface area contributed by atoms with Gasteiger partial charge in [0.1, 0.15) is 0 Å². The third-order valence-corrected chi connectivity index (χ3v) is 4.03. The van der Waals surface area contributed by atoms with Crippen molar-refractivity contribution >= 4 is 22.5 Å². The van der Waals surface area contributed by atoms with Crippen LogP contribution in [0.15, 0.2) is 47.3 Å². The normalized spacial score (nSPS) is 10.7. The van der Waals surface area contributed by atoms with Gasteiger partial charge in [-0.3, -0.25) is 14.3 Å². The number of carbonyl (C=O) groups excluding carboxylic acids is 1. The maximum atomic E-state index is 12.5. The molecular weight excluding hydrogens is 290 g/mol. The van der Waals surface area contributed by atoms with Crippen molar-refractivity contribution in [2.24, 2.45) is 7.05 Å². The van der Waals surface area contributed by atoms with Crippen LogP contribution < -0.4 is 10.7 Å². The van der Waals surface area contributed by atoms with E-state index in [0.29, 0.717) is 16.6 Å². The van der Waals surface area contributed by atoms with Crippen LogP contribution in [0.4, 0.5) is 5.69 Å². The molecule has 23 heavy (non-hydrogen) atoms. The minimum Gasteiger partial charge on any atom is -0.320 e. The van der Waals surface area contributed by atoms with Crippen LogP contribution in [0.5, 0.6) is 0 Å². The number of aromatic nitrogens is 2. The highest BCUT2D eigenvalue weighted by molar-refractivity contribution is 6.04. The highest BCUT2D eigenvalue weighted by Gasteiger charge is 2.17. The quantitative estimate of drug-likeness (QED) is 0.792. The minimum absolute atomic E-state index is 0.105. The fourth-order valence-corrected chi connectivity index (χ4v) is 2.54. The van der Waals surface area contributed by atoms with Gasteiger partial charge in [-0.15, -0.1) is 0 Å². The highest BCUT2D eigenvalue weighted by Crippen LogP contribution is 2.18. The lowest BCUT2D eigenvalue weighted by molar-refractivity contribution is 0.101. The SMILES string of the molecule is Cc1cccc(NC(=O)c2nn(C)c3ccccc3c2=O)c1C. The highest BCUT2D eigenvalue weighted by atomic mass is 16.2.